The minimum Gasteiger partial charge on any atom is -0.258 e. The highest BCUT2D eigenvalue weighted by Gasteiger charge is 2.17. The molecule has 0 aliphatic rings. The molecule has 0 spiro atoms. The number of rotatable bonds is 1. The van der Waals surface area contributed by atoms with E-state index in [-0.39, 0.29) is 5.69 Å². The van der Waals surface area contributed by atoms with Gasteiger partial charge in [0.25, 0.3) is 5.69 Å². The second-order valence-electron chi connectivity index (χ2n) is 3.12. The number of aromatic nitrogens is 3. The maximum Gasteiger partial charge on any atom is 0.274 e. The van der Waals surface area contributed by atoms with Crippen molar-refractivity contribution in [3.63, 3.8) is 0 Å². The fourth-order valence-electron chi connectivity index (χ4n) is 1.46. The maximum absolute atomic E-state index is 10.7. The molecule has 72 valence electrons. The van der Waals surface area contributed by atoms with Gasteiger partial charge in [-0.2, -0.15) is 15.4 Å². The molecular weight excluding hydrogens is 184 g/mol. The number of H-pyrrole nitrogens is 1. The Bertz CT molecular complexity index is 517. The van der Waals surface area contributed by atoms with E-state index < -0.39 is 4.92 Å². The third kappa shape index (κ3) is 1.04. The molecule has 1 aromatic carbocycles. The SMILES string of the molecule is Cc1cc([N+](=O)[O-])c(C)c2n[nH]nc12. The predicted octanol–water partition coefficient (Wildman–Crippen LogP) is 1.48. The molecule has 6 heteroatoms. The fraction of sp³-hybridized carbons (Fsp3) is 0.250. The van der Waals surface area contributed by atoms with Crippen LogP contribution >= 0.6 is 0 Å². The molecule has 0 fully saturated rings. The van der Waals surface area contributed by atoms with Crippen molar-refractivity contribution in [1.82, 2.24) is 15.4 Å². The van der Waals surface area contributed by atoms with Crippen LogP contribution in [0.25, 0.3) is 11.0 Å². The number of nitrogens with one attached hydrogen (secondary N) is 1. The average molecular weight is 192 g/mol. The van der Waals surface area contributed by atoms with E-state index in [0.29, 0.717) is 16.6 Å². The van der Waals surface area contributed by atoms with Crippen molar-refractivity contribution in [2.24, 2.45) is 0 Å². The van der Waals surface area contributed by atoms with Gasteiger partial charge < -0.3 is 0 Å². The predicted molar refractivity (Wildman–Crippen MR) is 50.0 cm³/mol. The summed E-state index contributed by atoms with van der Waals surface area (Å²) in [5.74, 6) is 0. The van der Waals surface area contributed by atoms with E-state index in [0.717, 1.165) is 5.56 Å². The summed E-state index contributed by atoms with van der Waals surface area (Å²) in [6, 6.07) is 1.51. The van der Waals surface area contributed by atoms with Gasteiger partial charge in [0.2, 0.25) is 0 Å². The largest absolute Gasteiger partial charge is 0.274 e. The van der Waals surface area contributed by atoms with Crippen molar-refractivity contribution in [3.8, 4) is 0 Å². The summed E-state index contributed by atoms with van der Waals surface area (Å²) in [6.07, 6.45) is 0. The van der Waals surface area contributed by atoms with Gasteiger partial charge >= 0.3 is 0 Å². The molecule has 0 radical (unpaired) electrons. The van der Waals surface area contributed by atoms with E-state index in [1.165, 1.54) is 6.07 Å². The quantitative estimate of drug-likeness (QED) is 0.547. The van der Waals surface area contributed by atoms with Gasteiger partial charge in [-0.05, 0) is 19.4 Å². The molecule has 0 saturated carbocycles. The van der Waals surface area contributed by atoms with Gasteiger partial charge in [-0.3, -0.25) is 10.1 Å². The van der Waals surface area contributed by atoms with Crippen molar-refractivity contribution in [1.29, 1.82) is 0 Å². The van der Waals surface area contributed by atoms with Crippen LogP contribution in [0.3, 0.4) is 0 Å². The summed E-state index contributed by atoms with van der Waals surface area (Å²) < 4.78 is 0. The number of hydrogen-bond donors (Lipinski definition) is 1. The van der Waals surface area contributed by atoms with Crippen LogP contribution in [0.2, 0.25) is 0 Å². The van der Waals surface area contributed by atoms with Crippen molar-refractivity contribution in [3.05, 3.63) is 27.3 Å². The molecule has 0 unspecified atom stereocenters. The Morgan fingerprint density at radius 1 is 1.36 bits per heavy atom. The molecule has 1 aromatic heterocycles. The lowest BCUT2D eigenvalue weighted by molar-refractivity contribution is -0.385. The van der Waals surface area contributed by atoms with Gasteiger partial charge in [0.05, 0.1) is 10.5 Å². The Morgan fingerprint density at radius 2 is 2.00 bits per heavy atom. The summed E-state index contributed by atoms with van der Waals surface area (Å²) in [7, 11) is 0. The number of nitro groups is 1. The molecule has 14 heavy (non-hydrogen) atoms. The van der Waals surface area contributed by atoms with E-state index in [1.807, 2.05) is 0 Å². The topological polar surface area (TPSA) is 84.7 Å². The molecule has 6 nitrogen and oxygen atoms in total. The molecule has 1 N–H and O–H groups in total. The third-order valence-corrected chi connectivity index (χ3v) is 2.21. The molecule has 2 rings (SSSR count). The average Bonchev–Trinajstić information content (AvgIpc) is 2.59. The molecule has 0 aliphatic heterocycles. The summed E-state index contributed by atoms with van der Waals surface area (Å²) >= 11 is 0. The smallest absolute Gasteiger partial charge is 0.258 e. The first-order chi connectivity index (χ1) is 6.61. The van der Waals surface area contributed by atoms with Crippen LogP contribution in [-0.4, -0.2) is 20.3 Å². The normalized spacial score (nSPS) is 10.7. The molecule has 2 aromatic rings. The third-order valence-electron chi connectivity index (χ3n) is 2.21. The minimum absolute atomic E-state index is 0.0869. The monoisotopic (exact) mass is 192 g/mol. The fourth-order valence-corrected chi connectivity index (χ4v) is 1.46. The zero-order valence-electron chi connectivity index (χ0n) is 7.74. The summed E-state index contributed by atoms with van der Waals surface area (Å²) in [5, 5.41) is 21.0. The molecule has 1 heterocycles. The molecule has 0 amide bonds. The van der Waals surface area contributed by atoms with E-state index in [4.69, 9.17) is 0 Å². The first-order valence-corrected chi connectivity index (χ1v) is 4.06. The lowest BCUT2D eigenvalue weighted by Gasteiger charge is -1.99. The molecule has 0 bridgehead atoms. The number of benzene rings is 1. The van der Waals surface area contributed by atoms with Gasteiger partial charge in [0.1, 0.15) is 11.0 Å². The van der Waals surface area contributed by atoms with Crippen LogP contribution in [0.5, 0.6) is 0 Å². The van der Waals surface area contributed by atoms with Crippen molar-refractivity contribution < 1.29 is 4.92 Å². The Labute approximate surface area is 79.1 Å². The van der Waals surface area contributed by atoms with Gasteiger partial charge in [0.15, 0.2) is 0 Å². The summed E-state index contributed by atoms with van der Waals surface area (Å²) in [6.45, 7) is 3.44. The van der Waals surface area contributed by atoms with Crippen LogP contribution in [0.4, 0.5) is 5.69 Å². The standard InChI is InChI=1S/C8H8N4O2/c1-4-3-6(12(13)14)5(2)8-7(4)9-11-10-8/h3H,1-2H3,(H,9,10,11). The number of fused-ring (bicyclic) bond motifs is 1. The van der Waals surface area contributed by atoms with Gasteiger partial charge in [-0.1, -0.05) is 0 Å². The molecule has 0 aliphatic carbocycles. The number of nitro benzene ring substituents is 1. The lowest BCUT2D eigenvalue weighted by Crippen LogP contribution is -1.94. The number of aromatic amines is 1. The summed E-state index contributed by atoms with van der Waals surface area (Å²) in [5.41, 5.74) is 2.64. The molecule has 0 atom stereocenters. The number of nitrogens with zero attached hydrogens (tertiary/aromatic N) is 3. The Kier molecular flexibility index (Phi) is 1.70. The van der Waals surface area contributed by atoms with Crippen molar-refractivity contribution >= 4 is 16.7 Å². The number of aryl methyl sites for hydroxylation is 2. The number of hydrogen-bond acceptors (Lipinski definition) is 4. The highest BCUT2D eigenvalue weighted by molar-refractivity contribution is 5.84. The van der Waals surface area contributed by atoms with E-state index in [2.05, 4.69) is 15.4 Å². The zero-order chi connectivity index (χ0) is 10.3. The molecule has 0 saturated heterocycles. The minimum atomic E-state index is -0.406. The molecular formula is C8H8N4O2. The maximum atomic E-state index is 10.7. The van der Waals surface area contributed by atoms with Crippen molar-refractivity contribution in [2.75, 3.05) is 0 Å². The van der Waals surface area contributed by atoms with Gasteiger partial charge in [-0.15, -0.1) is 0 Å². The second kappa shape index (κ2) is 2.76. The zero-order valence-corrected chi connectivity index (χ0v) is 7.74. The lowest BCUT2D eigenvalue weighted by atomic mass is 10.1. The van der Waals surface area contributed by atoms with Crippen LogP contribution < -0.4 is 0 Å². The first-order valence-electron chi connectivity index (χ1n) is 4.06. The Hall–Kier alpha value is -1.98. The van der Waals surface area contributed by atoms with Crippen LogP contribution in [0.1, 0.15) is 11.1 Å². The Balaban J connectivity index is 2.88. The van der Waals surface area contributed by atoms with Crippen LogP contribution in [0, 0.1) is 24.0 Å². The van der Waals surface area contributed by atoms with Crippen LogP contribution in [0.15, 0.2) is 6.07 Å². The Morgan fingerprint density at radius 3 is 2.64 bits per heavy atom. The second-order valence-corrected chi connectivity index (χ2v) is 3.12. The highest BCUT2D eigenvalue weighted by Crippen LogP contribution is 2.26. The van der Waals surface area contributed by atoms with Crippen LogP contribution in [-0.2, 0) is 0 Å². The van der Waals surface area contributed by atoms with E-state index in [1.54, 1.807) is 13.8 Å². The van der Waals surface area contributed by atoms with E-state index in [9.17, 15) is 10.1 Å². The summed E-state index contributed by atoms with van der Waals surface area (Å²) in [4.78, 5) is 10.3. The first kappa shape index (κ1) is 8.61. The van der Waals surface area contributed by atoms with Crippen molar-refractivity contribution in [2.45, 2.75) is 13.8 Å². The highest BCUT2D eigenvalue weighted by atomic mass is 16.6. The van der Waals surface area contributed by atoms with E-state index >= 15 is 0 Å². The van der Waals surface area contributed by atoms with Gasteiger partial charge in [0, 0.05) is 6.07 Å². The van der Waals surface area contributed by atoms with Gasteiger partial charge in [-0.25, -0.2) is 0 Å².